The fourth-order valence-electron chi connectivity index (χ4n) is 3.42. The minimum absolute atomic E-state index is 0.0118. The van der Waals surface area contributed by atoms with Crippen LogP contribution in [0.25, 0.3) is 0 Å². The highest BCUT2D eigenvalue weighted by atomic mass is 16.5. The van der Waals surface area contributed by atoms with E-state index >= 15 is 0 Å². The van der Waals surface area contributed by atoms with Crippen molar-refractivity contribution in [2.75, 3.05) is 19.7 Å². The minimum atomic E-state index is -0.999. The Morgan fingerprint density at radius 2 is 2.15 bits per heavy atom. The second kappa shape index (κ2) is 6.76. The standard InChI is InChI=1S/C20H25N3O3/c1-15-4-2-3-5-18(15)26-14-20(25)9-11-22(13-20)19(24)12-23-10-8-17(21-23)16-6-7-16/h2-5,8,10,16,25H,6-7,9,11-14H2,1H3/t20-/m0/s1. The van der Waals surface area contributed by atoms with Gasteiger partial charge >= 0.3 is 0 Å². The van der Waals surface area contributed by atoms with Gasteiger partial charge in [-0.15, -0.1) is 0 Å². The van der Waals surface area contributed by atoms with E-state index in [1.165, 1.54) is 12.8 Å². The molecule has 1 aromatic carbocycles. The van der Waals surface area contributed by atoms with Crippen molar-refractivity contribution in [2.45, 2.75) is 44.2 Å². The number of carbonyl (C=O) groups excluding carboxylic acids is 1. The Labute approximate surface area is 153 Å². The average Bonchev–Trinajstić information content (AvgIpc) is 3.25. The van der Waals surface area contributed by atoms with Crippen LogP contribution in [0.3, 0.4) is 0 Å². The molecule has 26 heavy (non-hydrogen) atoms. The maximum Gasteiger partial charge on any atom is 0.244 e. The molecular formula is C20H25N3O3. The maximum absolute atomic E-state index is 12.5. The first-order chi connectivity index (χ1) is 12.5. The van der Waals surface area contributed by atoms with Gasteiger partial charge in [-0.3, -0.25) is 9.48 Å². The second-order valence-electron chi connectivity index (χ2n) is 7.56. The first-order valence-electron chi connectivity index (χ1n) is 9.24. The van der Waals surface area contributed by atoms with Crippen LogP contribution in [0.1, 0.15) is 36.4 Å². The number of nitrogens with zero attached hydrogens (tertiary/aromatic N) is 3. The number of rotatable bonds is 6. The summed E-state index contributed by atoms with van der Waals surface area (Å²) < 4.78 is 7.51. The Kier molecular flexibility index (Phi) is 4.44. The molecule has 1 aliphatic carbocycles. The number of benzene rings is 1. The number of likely N-dealkylation sites (tertiary alicyclic amines) is 1. The number of aryl methyl sites for hydroxylation is 1. The van der Waals surface area contributed by atoms with Crippen molar-refractivity contribution in [3.63, 3.8) is 0 Å². The van der Waals surface area contributed by atoms with Crippen LogP contribution in [-0.4, -0.2) is 51.0 Å². The normalized spacial score (nSPS) is 22.6. The summed E-state index contributed by atoms with van der Waals surface area (Å²) in [6.45, 7) is 3.23. The molecule has 1 aliphatic heterocycles. The van der Waals surface area contributed by atoms with Crippen molar-refractivity contribution in [1.82, 2.24) is 14.7 Å². The third-order valence-electron chi connectivity index (χ3n) is 5.23. The predicted octanol–water partition coefficient (Wildman–Crippen LogP) is 2.11. The number of ether oxygens (including phenoxy) is 1. The molecule has 0 radical (unpaired) electrons. The number of aliphatic hydroxyl groups is 1. The summed E-state index contributed by atoms with van der Waals surface area (Å²) in [5, 5.41) is 15.3. The predicted molar refractivity (Wildman–Crippen MR) is 97.0 cm³/mol. The van der Waals surface area contributed by atoms with E-state index in [1.807, 2.05) is 43.5 Å². The molecule has 6 nitrogen and oxygen atoms in total. The van der Waals surface area contributed by atoms with Gasteiger partial charge in [-0.05, 0) is 43.9 Å². The third kappa shape index (κ3) is 3.75. The molecule has 1 saturated carbocycles. The summed E-state index contributed by atoms with van der Waals surface area (Å²) in [6.07, 6.45) is 4.79. The number of amides is 1. The summed E-state index contributed by atoms with van der Waals surface area (Å²) in [4.78, 5) is 14.2. The zero-order valence-corrected chi connectivity index (χ0v) is 15.1. The highest BCUT2D eigenvalue weighted by Crippen LogP contribution is 2.38. The number of carbonyl (C=O) groups is 1. The van der Waals surface area contributed by atoms with Gasteiger partial charge < -0.3 is 14.7 Å². The molecule has 1 amide bonds. The lowest BCUT2D eigenvalue weighted by molar-refractivity contribution is -0.132. The van der Waals surface area contributed by atoms with E-state index in [1.54, 1.807) is 9.58 Å². The Bertz CT molecular complexity index is 799. The molecule has 2 aromatic rings. The lowest BCUT2D eigenvalue weighted by atomic mass is 10.1. The van der Waals surface area contributed by atoms with Gasteiger partial charge in [0.05, 0.1) is 12.2 Å². The van der Waals surface area contributed by atoms with Crippen molar-refractivity contribution in [3.8, 4) is 5.75 Å². The van der Waals surface area contributed by atoms with Crippen molar-refractivity contribution >= 4 is 5.91 Å². The van der Waals surface area contributed by atoms with Gasteiger partial charge in [-0.2, -0.15) is 5.10 Å². The highest BCUT2D eigenvalue weighted by Gasteiger charge is 2.39. The van der Waals surface area contributed by atoms with E-state index in [2.05, 4.69) is 5.10 Å². The minimum Gasteiger partial charge on any atom is -0.490 e. The average molecular weight is 355 g/mol. The first kappa shape index (κ1) is 17.1. The molecule has 2 heterocycles. The van der Waals surface area contributed by atoms with E-state index in [9.17, 15) is 9.90 Å². The molecular weight excluding hydrogens is 330 g/mol. The first-order valence-corrected chi connectivity index (χ1v) is 9.24. The summed E-state index contributed by atoms with van der Waals surface area (Å²) in [6, 6.07) is 9.74. The number of aromatic nitrogens is 2. The number of β-amino-alcohol motifs (C(OH)–C–C–N with tert-alkyl or cyclic N) is 1. The lowest BCUT2D eigenvalue weighted by Crippen LogP contribution is -2.41. The van der Waals surface area contributed by atoms with E-state index in [4.69, 9.17) is 4.74 Å². The Morgan fingerprint density at radius 3 is 2.92 bits per heavy atom. The van der Waals surface area contributed by atoms with Crippen molar-refractivity contribution in [2.24, 2.45) is 0 Å². The molecule has 4 rings (SSSR count). The molecule has 1 N–H and O–H groups in total. The van der Waals surface area contributed by atoms with Gasteiger partial charge in [0.2, 0.25) is 5.91 Å². The van der Waals surface area contributed by atoms with Gasteiger partial charge in [0, 0.05) is 18.7 Å². The summed E-state index contributed by atoms with van der Waals surface area (Å²) in [5.41, 5.74) is 1.12. The monoisotopic (exact) mass is 355 g/mol. The van der Waals surface area contributed by atoms with Gasteiger partial charge in [0.25, 0.3) is 0 Å². The van der Waals surface area contributed by atoms with E-state index < -0.39 is 5.60 Å². The van der Waals surface area contributed by atoms with Crippen LogP contribution < -0.4 is 4.74 Å². The van der Waals surface area contributed by atoms with Crippen LogP contribution >= 0.6 is 0 Å². The molecule has 1 aromatic heterocycles. The largest absolute Gasteiger partial charge is 0.490 e. The van der Waals surface area contributed by atoms with Crippen LogP contribution in [-0.2, 0) is 11.3 Å². The molecule has 0 unspecified atom stereocenters. The van der Waals surface area contributed by atoms with E-state index in [-0.39, 0.29) is 19.1 Å². The molecule has 1 saturated heterocycles. The Balaban J connectivity index is 1.31. The summed E-state index contributed by atoms with van der Waals surface area (Å²) in [7, 11) is 0. The smallest absolute Gasteiger partial charge is 0.244 e. The van der Waals surface area contributed by atoms with Gasteiger partial charge in [-0.1, -0.05) is 18.2 Å². The highest BCUT2D eigenvalue weighted by molar-refractivity contribution is 5.76. The van der Waals surface area contributed by atoms with Gasteiger partial charge in [0.15, 0.2) is 0 Å². The SMILES string of the molecule is Cc1ccccc1OC[C@]1(O)CCN(C(=O)Cn2ccc(C3CC3)n2)C1. The molecule has 2 fully saturated rings. The molecule has 2 aliphatic rings. The van der Waals surface area contributed by atoms with E-state index in [0.717, 1.165) is 17.0 Å². The van der Waals surface area contributed by atoms with Gasteiger partial charge in [0.1, 0.15) is 24.5 Å². The van der Waals surface area contributed by atoms with Crippen LogP contribution in [0, 0.1) is 6.92 Å². The Morgan fingerprint density at radius 1 is 1.35 bits per heavy atom. The van der Waals surface area contributed by atoms with Crippen molar-refractivity contribution < 1.29 is 14.6 Å². The summed E-state index contributed by atoms with van der Waals surface area (Å²) in [5.74, 6) is 1.35. The van der Waals surface area contributed by atoms with Gasteiger partial charge in [-0.25, -0.2) is 0 Å². The summed E-state index contributed by atoms with van der Waals surface area (Å²) >= 11 is 0. The van der Waals surface area contributed by atoms with Crippen LogP contribution in [0.4, 0.5) is 0 Å². The molecule has 1 atom stereocenters. The third-order valence-corrected chi connectivity index (χ3v) is 5.23. The fourth-order valence-corrected chi connectivity index (χ4v) is 3.42. The molecule has 6 heteroatoms. The van der Waals surface area contributed by atoms with Crippen LogP contribution in [0.15, 0.2) is 36.5 Å². The zero-order chi connectivity index (χ0) is 18.1. The number of hydrogen-bond donors (Lipinski definition) is 1. The quantitative estimate of drug-likeness (QED) is 0.862. The molecule has 0 bridgehead atoms. The van der Waals surface area contributed by atoms with Crippen molar-refractivity contribution in [1.29, 1.82) is 0 Å². The van der Waals surface area contributed by atoms with Crippen molar-refractivity contribution in [3.05, 3.63) is 47.8 Å². The fraction of sp³-hybridized carbons (Fsp3) is 0.500. The topological polar surface area (TPSA) is 67.6 Å². The molecule has 0 spiro atoms. The maximum atomic E-state index is 12.5. The number of para-hydroxylation sites is 1. The lowest BCUT2D eigenvalue weighted by Gasteiger charge is -2.24. The van der Waals surface area contributed by atoms with Crippen LogP contribution in [0.5, 0.6) is 5.75 Å². The van der Waals surface area contributed by atoms with E-state index in [0.29, 0.717) is 25.4 Å². The van der Waals surface area contributed by atoms with Crippen LogP contribution in [0.2, 0.25) is 0 Å². The molecule has 138 valence electrons. The Hall–Kier alpha value is -2.34. The number of hydrogen-bond acceptors (Lipinski definition) is 4. The zero-order valence-electron chi connectivity index (χ0n) is 15.1. The second-order valence-corrected chi connectivity index (χ2v) is 7.56.